The number of thiophene rings is 1. The van der Waals surface area contributed by atoms with Gasteiger partial charge >= 0.3 is 0 Å². The highest BCUT2D eigenvalue weighted by Crippen LogP contribution is 2.51. The molecule has 1 fully saturated rings. The van der Waals surface area contributed by atoms with Gasteiger partial charge in [-0.1, -0.05) is 36.2 Å². The number of fused-ring (bicyclic) bond motifs is 3. The summed E-state index contributed by atoms with van der Waals surface area (Å²) in [5.41, 5.74) is 4.01. The van der Waals surface area contributed by atoms with Gasteiger partial charge in [-0.25, -0.2) is 0 Å². The highest BCUT2D eigenvalue weighted by Gasteiger charge is 2.43. The topological polar surface area (TPSA) is 70.2 Å². The molecule has 0 radical (unpaired) electrons. The smallest absolute Gasteiger partial charge is 0.265 e. The third-order valence-corrected chi connectivity index (χ3v) is 7.17. The second kappa shape index (κ2) is 6.09. The van der Waals surface area contributed by atoms with E-state index in [9.17, 15) is 9.59 Å². The van der Waals surface area contributed by atoms with Crippen molar-refractivity contribution in [1.29, 1.82) is 0 Å². The predicted molar refractivity (Wildman–Crippen MR) is 107 cm³/mol. The molecular weight excluding hydrogens is 358 g/mol. The van der Waals surface area contributed by atoms with Crippen LogP contribution in [0, 0.1) is 6.92 Å². The van der Waals surface area contributed by atoms with Crippen molar-refractivity contribution in [2.45, 2.75) is 57.0 Å². The summed E-state index contributed by atoms with van der Waals surface area (Å²) in [6, 6.07) is 8.38. The van der Waals surface area contributed by atoms with Gasteiger partial charge in [0.15, 0.2) is 0 Å². The average molecular weight is 382 g/mol. The summed E-state index contributed by atoms with van der Waals surface area (Å²) in [6.07, 6.45) is 5.76. The van der Waals surface area contributed by atoms with E-state index in [1.807, 2.05) is 0 Å². The fourth-order valence-electron chi connectivity index (χ4n) is 4.65. The van der Waals surface area contributed by atoms with Crippen molar-refractivity contribution in [2.75, 3.05) is 10.6 Å². The van der Waals surface area contributed by atoms with E-state index in [1.54, 1.807) is 0 Å². The van der Waals surface area contributed by atoms with Crippen LogP contribution < -0.4 is 16.0 Å². The minimum Gasteiger partial charge on any atom is -0.361 e. The maximum absolute atomic E-state index is 12.9. The van der Waals surface area contributed by atoms with Crippen LogP contribution >= 0.6 is 11.3 Å². The molecule has 1 aliphatic carbocycles. The van der Waals surface area contributed by atoms with E-state index < -0.39 is 0 Å². The monoisotopic (exact) mass is 381 g/mol. The van der Waals surface area contributed by atoms with Crippen molar-refractivity contribution in [3.05, 3.63) is 45.8 Å². The molecule has 6 heteroatoms. The quantitative estimate of drug-likeness (QED) is 0.688. The molecule has 3 heterocycles. The number of benzene rings is 1. The van der Waals surface area contributed by atoms with Gasteiger partial charge in [-0.15, -0.1) is 11.3 Å². The summed E-state index contributed by atoms with van der Waals surface area (Å²) < 4.78 is 0. The lowest BCUT2D eigenvalue weighted by molar-refractivity contribution is -0.116. The summed E-state index contributed by atoms with van der Waals surface area (Å²) in [5.74, 6) is -0.0187. The van der Waals surface area contributed by atoms with Crippen molar-refractivity contribution in [3.8, 4) is 0 Å². The Labute approximate surface area is 162 Å². The van der Waals surface area contributed by atoms with Crippen LogP contribution in [0.5, 0.6) is 0 Å². The van der Waals surface area contributed by atoms with Crippen LogP contribution in [-0.2, 0) is 4.79 Å². The first-order valence-electron chi connectivity index (χ1n) is 9.68. The van der Waals surface area contributed by atoms with Gasteiger partial charge in [-0.05, 0) is 38.2 Å². The standard InChI is InChI=1S/C21H23N3O2S/c1-12-5-7-13(8-6-12)14-11-15(25)22-20-16(14)17-18(27-20)19(26)24-21(23-17)9-3-2-4-10-21/h5-8,14,23H,2-4,9-11H2,1H3,(H,22,25)(H,24,26)/t14-/m0/s1. The number of aryl methyl sites for hydroxylation is 1. The summed E-state index contributed by atoms with van der Waals surface area (Å²) in [5, 5.41) is 10.7. The number of anilines is 2. The summed E-state index contributed by atoms with van der Waals surface area (Å²) in [7, 11) is 0. The molecule has 2 amide bonds. The van der Waals surface area contributed by atoms with Gasteiger partial charge in [0.25, 0.3) is 5.91 Å². The Kier molecular flexibility index (Phi) is 3.79. The lowest BCUT2D eigenvalue weighted by Crippen LogP contribution is -2.58. The highest BCUT2D eigenvalue weighted by molar-refractivity contribution is 7.19. The van der Waals surface area contributed by atoms with E-state index in [0.717, 1.165) is 47.5 Å². The van der Waals surface area contributed by atoms with Crippen molar-refractivity contribution < 1.29 is 9.59 Å². The summed E-state index contributed by atoms with van der Waals surface area (Å²) in [4.78, 5) is 25.9. The number of rotatable bonds is 1. The zero-order valence-corrected chi connectivity index (χ0v) is 16.2. The minimum absolute atomic E-state index is 0.0121. The average Bonchev–Trinajstić information content (AvgIpc) is 3.01. The number of hydrogen-bond acceptors (Lipinski definition) is 4. The molecule has 1 saturated carbocycles. The summed E-state index contributed by atoms with van der Waals surface area (Å²) in [6.45, 7) is 2.06. The number of carbonyl (C=O) groups is 2. The van der Waals surface area contributed by atoms with Gasteiger partial charge in [0, 0.05) is 17.9 Å². The van der Waals surface area contributed by atoms with Crippen molar-refractivity contribution >= 4 is 33.8 Å². The number of nitrogens with one attached hydrogen (secondary N) is 3. The molecule has 27 heavy (non-hydrogen) atoms. The van der Waals surface area contributed by atoms with E-state index in [1.165, 1.54) is 23.3 Å². The van der Waals surface area contributed by atoms with Crippen molar-refractivity contribution in [3.63, 3.8) is 0 Å². The zero-order chi connectivity index (χ0) is 18.6. The van der Waals surface area contributed by atoms with Gasteiger partial charge in [-0.2, -0.15) is 0 Å². The number of carbonyl (C=O) groups excluding carboxylic acids is 2. The fraction of sp³-hybridized carbons (Fsp3) is 0.429. The van der Waals surface area contributed by atoms with Crippen LogP contribution in [-0.4, -0.2) is 17.5 Å². The highest BCUT2D eigenvalue weighted by atomic mass is 32.1. The maximum atomic E-state index is 12.9. The molecule has 1 aromatic carbocycles. The fourth-order valence-corrected chi connectivity index (χ4v) is 5.78. The van der Waals surface area contributed by atoms with E-state index in [2.05, 4.69) is 47.1 Å². The van der Waals surface area contributed by atoms with Crippen LogP contribution in [0.1, 0.15) is 70.8 Å². The molecule has 5 rings (SSSR count). The molecule has 1 spiro atoms. The largest absolute Gasteiger partial charge is 0.361 e. The normalized spacial score (nSPS) is 23.1. The van der Waals surface area contributed by atoms with Gasteiger partial charge in [-0.3, -0.25) is 9.59 Å². The van der Waals surface area contributed by atoms with Crippen LogP contribution in [0.2, 0.25) is 0 Å². The lowest BCUT2D eigenvalue weighted by atomic mass is 9.83. The van der Waals surface area contributed by atoms with Crippen LogP contribution in [0.25, 0.3) is 0 Å². The maximum Gasteiger partial charge on any atom is 0.265 e. The molecule has 140 valence electrons. The Hall–Kier alpha value is -2.34. The third kappa shape index (κ3) is 2.74. The first-order chi connectivity index (χ1) is 13.0. The van der Waals surface area contributed by atoms with Gasteiger partial charge in [0.05, 0.1) is 5.69 Å². The Bertz CT molecular complexity index is 926. The van der Waals surface area contributed by atoms with Gasteiger partial charge in [0.2, 0.25) is 5.91 Å². The SMILES string of the molecule is Cc1ccc([C@@H]2CC(=O)Nc3sc4c(c32)NC2(CCCCC2)NC4=O)cc1. The van der Waals surface area contributed by atoms with Crippen molar-refractivity contribution in [2.24, 2.45) is 0 Å². The first kappa shape index (κ1) is 16.8. The van der Waals surface area contributed by atoms with E-state index in [0.29, 0.717) is 11.3 Å². The molecule has 2 aromatic rings. The Morgan fingerprint density at radius 1 is 1.04 bits per heavy atom. The molecule has 0 bridgehead atoms. The van der Waals surface area contributed by atoms with E-state index in [4.69, 9.17) is 0 Å². The molecule has 1 atom stereocenters. The first-order valence-corrected chi connectivity index (χ1v) is 10.5. The lowest BCUT2D eigenvalue weighted by Gasteiger charge is -2.43. The molecular formula is C21H23N3O2S. The van der Waals surface area contributed by atoms with Gasteiger partial charge in [0.1, 0.15) is 15.5 Å². The van der Waals surface area contributed by atoms with Crippen LogP contribution in [0.3, 0.4) is 0 Å². The number of hydrogen-bond donors (Lipinski definition) is 3. The molecule has 3 aliphatic rings. The second-order valence-electron chi connectivity index (χ2n) is 7.99. The zero-order valence-electron chi connectivity index (χ0n) is 15.4. The minimum atomic E-state index is -0.337. The molecule has 2 aliphatic heterocycles. The van der Waals surface area contributed by atoms with E-state index in [-0.39, 0.29) is 23.4 Å². The predicted octanol–water partition coefficient (Wildman–Crippen LogP) is 4.35. The number of amides is 2. The Morgan fingerprint density at radius 2 is 1.78 bits per heavy atom. The third-order valence-electron chi connectivity index (χ3n) is 6.05. The molecule has 3 N–H and O–H groups in total. The van der Waals surface area contributed by atoms with Crippen molar-refractivity contribution in [1.82, 2.24) is 5.32 Å². The van der Waals surface area contributed by atoms with E-state index >= 15 is 0 Å². The molecule has 1 aromatic heterocycles. The Morgan fingerprint density at radius 3 is 2.52 bits per heavy atom. The molecule has 5 nitrogen and oxygen atoms in total. The Balaban J connectivity index is 1.62. The summed E-state index contributed by atoms with van der Waals surface area (Å²) >= 11 is 1.39. The second-order valence-corrected chi connectivity index (χ2v) is 9.01. The van der Waals surface area contributed by atoms with Crippen LogP contribution in [0.4, 0.5) is 10.7 Å². The van der Waals surface area contributed by atoms with Gasteiger partial charge < -0.3 is 16.0 Å². The molecule has 0 unspecified atom stereocenters. The molecule has 0 saturated heterocycles. The van der Waals surface area contributed by atoms with Crippen LogP contribution in [0.15, 0.2) is 24.3 Å².